The Morgan fingerprint density at radius 1 is 1.71 bits per heavy atom. The highest BCUT2D eigenvalue weighted by Crippen LogP contribution is 2.08. The lowest BCUT2D eigenvalue weighted by molar-refractivity contribution is 0.811. The monoisotopic (exact) mass is 97.1 g/mol. The second-order valence-electron chi connectivity index (χ2n) is 1.91. The third kappa shape index (κ3) is 2.44. The van der Waals surface area contributed by atoms with Gasteiger partial charge in [-0.15, -0.1) is 0 Å². The average molecular weight is 97.2 g/mol. The Kier molecular flexibility index (Phi) is 2.73. The van der Waals surface area contributed by atoms with E-state index in [1.54, 1.807) is 0 Å². The first-order valence-electron chi connectivity index (χ1n) is 2.69. The zero-order chi connectivity index (χ0) is 5.86. The van der Waals surface area contributed by atoms with E-state index in [2.05, 4.69) is 27.4 Å². The Balaban J connectivity index is 3.35. The molecule has 0 rings (SSSR count). The highest BCUT2D eigenvalue weighted by molar-refractivity contribution is 4.98. The summed E-state index contributed by atoms with van der Waals surface area (Å²) in [5.74, 6) is 0.421. The van der Waals surface area contributed by atoms with E-state index in [0.717, 1.165) is 6.42 Å². The molecule has 7 heavy (non-hydrogen) atoms. The van der Waals surface area contributed by atoms with E-state index < -0.39 is 0 Å². The summed E-state index contributed by atoms with van der Waals surface area (Å²) in [5, 5.41) is 0. The first-order valence-corrected chi connectivity index (χ1v) is 2.69. The topological polar surface area (TPSA) is 0 Å². The van der Waals surface area contributed by atoms with E-state index in [0.29, 0.717) is 5.92 Å². The fourth-order valence-corrected chi connectivity index (χ4v) is 0.348. The molecule has 0 heterocycles. The van der Waals surface area contributed by atoms with Crippen molar-refractivity contribution in [1.29, 1.82) is 0 Å². The molecule has 0 bridgehead atoms. The third-order valence-corrected chi connectivity index (χ3v) is 1.15. The van der Waals surface area contributed by atoms with Crippen LogP contribution < -0.4 is 0 Å². The van der Waals surface area contributed by atoms with Crippen LogP contribution in [-0.4, -0.2) is 0 Å². The maximum atomic E-state index is 3.81. The fourth-order valence-electron chi connectivity index (χ4n) is 0.348. The maximum Gasteiger partial charge on any atom is -0.0234 e. The van der Waals surface area contributed by atoms with Crippen molar-refractivity contribution in [2.75, 3.05) is 0 Å². The van der Waals surface area contributed by atoms with Gasteiger partial charge in [0.1, 0.15) is 0 Å². The summed E-state index contributed by atoms with van der Waals surface area (Å²) in [7, 11) is 0. The summed E-state index contributed by atoms with van der Waals surface area (Å²) >= 11 is 0. The minimum absolute atomic E-state index is 0.421. The van der Waals surface area contributed by atoms with Crippen molar-refractivity contribution >= 4 is 0 Å². The average Bonchev–Trinajstić information content (AvgIpc) is 1.65. The third-order valence-electron chi connectivity index (χ3n) is 1.15. The Morgan fingerprint density at radius 3 is 2.14 bits per heavy atom. The van der Waals surface area contributed by atoms with Crippen LogP contribution in [0.3, 0.4) is 0 Å². The zero-order valence-electron chi connectivity index (χ0n) is 5.20. The smallest absolute Gasteiger partial charge is 0.0234 e. The number of hydrogen-bond donors (Lipinski definition) is 0. The molecule has 0 heteroatoms. The molecule has 0 amide bonds. The van der Waals surface area contributed by atoms with Crippen molar-refractivity contribution in [1.82, 2.24) is 0 Å². The molecule has 1 atom stereocenters. The lowest BCUT2D eigenvalue weighted by Crippen LogP contribution is -1.88. The van der Waals surface area contributed by atoms with Gasteiger partial charge >= 0.3 is 0 Å². The van der Waals surface area contributed by atoms with E-state index in [9.17, 15) is 0 Å². The molecular weight excluding hydrogens is 84.1 g/mol. The molecule has 0 fully saturated rings. The van der Waals surface area contributed by atoms with Crippen LogP contribution in [0.4, 0.5) is 0 Å². The molecule has 0 N–H and O–H groups in total. The summed E-state index contributed by atoms with van der Waals surface area (Å²) in [6.45, 7) is 11.8. The summed E-state index contributed by atoms with van der Waals surface area (Å²) in [6, 6.07) is 0. The Labute approximate surface area is 46.2 Å². The van der Waals surface area contributed by atoms with Gasteiger partial charge in [0.2, 0.25) is 0 Å². The number of hydrogen-bond acceptors (Lipinski definition) is 0. The van der Waals surface area contributed by atoms with Gasteiger partial charge in [0, 0.05) is 0 Å². The van der Waals surface area contributed by atoms with Gasteiger partial charge in [0.15, 0.2) is 0 Å². The van der Waals surface area contributed by atoms with Gasteiger partial charge in [0.05, 0.1) is 0 Å². The molecule has 0 aromatic heterocycles. The van der Waals surface area contributed by atoms with Crippen molar-refractivity contribution in [2.45, 2.75) is 20.3 Å². The molecule has 41 valence electrons. The maximum absolute atomic E-state index is 3.81. The molecule has 0 saturated heterocycles. The molecule has 0 aromatic rings. The standard InChI is InChI=1S/C7H13/c1-5-7(4)6(2)3/h6H,2,4-5H2,1,3H3. The van der Waals surface area contributed by atoms with Crippen molar-refractivity contribution in [3.63, 3.8) is 0 Å². The van der Waals surface area contributed by atoms with Gasteiger partial charge in [-0.2, -0.15) is 0 Å². The second-order valence-corrected chi connectivity index (χ2v) is 1.91. The van der Waals surface area contributed by atoms with Gasteiger partial charge < -0.3 is 0 Å². The largest absolute Gasteiger partial charge is 0.0996 e. The van der Waals surface area contributed by atoms with Gasteiger partial charge in [-0.3, -0.25) is 0 Å². The molecule has 0 nitrogen and oxygen atoms in total. The van der Waals surface area contributed by atoms with Crippen LogP contribution >= 0.6 is 0 Å². The van der Waals surface area contributed by atoms with Crippen molar-refractivity contribution in [2.24, 2.45) is 5.92 Å². The van der Waals surface area contributed by atoms with Crippen LogP contribution in [0.1, 0.15) is 20.3 Å². The predicted molar refractivity (Wildman–Crippen MR) is 34.0 cm³/mol. The molecule has 1 radical (unpaired) electrons. The molecule has 0 saturated carbocycles. The van der Waals surface area contributed by atoms with Gasteiger partial charge in [-0.25, -0.2) is 0 Å². The van der Waals surface area contributed by atoms with Gasteiger partial charge in [-0.05, 0) is 19.3 Å². The van der Waals surface area contributed by atoms with Gasteiger partial charge in [0.25, 0.3) is 0 Å². The van der Waals surface area contributed by atoms with Crippen LogP contribution in [-0.2, 0) is 0 Å². The number of allylic oxidation sites excluding steroid dienone is 1. The highest BCUT2D eigenvalue weighted by atomic mass is 14.0. The molecule has 0 aliphatic heterocycles. The van der Waals surface area contributed by atoms with Crippen LogP contribution in [0.5, 0.6) is 0 Å². The molecule has 1 unspecified atom stereocenters. The zero-order valence-corrected chi connectivity index (χ0v) is 5.20. The molecular formula is C7H13. The van der Waals surface area contributed by atoms with Crippen LogP contribution in [0.15, 0.2) is 12.2 Å². The van der Waals surface area contributed by atoms with Crippen molar-refractivity contribution < 1.29 is 0 Å². The SMILES string of the molecule is [CH2]C(C)C(=C)CC. The molecule has 0 aliphatic rings. The first kappa shape index (κ1) is 6.74. The molecule has 0 aromatic carbocycles. The van der Waals surface area contributed by atoms with E-state index in [1.165, 1.54) is 5.57 Å². The quantitative estimate of drug-likeness (QED) is 0.464. The lowest BCUT2D eigenvalue weighted by atomic mass is 10.0. The van der Waals surface area contributed by atoms with Crippen LogP contribution in [0, 0.1) is 12.8 Å². The Hall–Kier alpha value is -0.260. The normalized spacial score (nSPS) is 9.71. The Morgan fingerprint density at radius 2 is 2.14 bits per heavy atom. The minimum atomic E-state index is 0.421. The Bertz CT molecular complexity index is 60.4. The highest BCUT2D eigenvalue weighted by Gasteiger charge is 1.93. The van der Waals surface area contributed by atoms with Gasteiger partial charge in [-0.1, -0.05) is 26.0 Å². The molecule has 0 spiro atoms. The molecule has 0 aliphatic carbocycles. The fraction of sp³-hybridized carbons (Fsp3) is 0.571. The van der Waals surface area contributed by atoms with Crippen LogP contribution in [0.25, 0.3) is 0 Å². The summed E-state index contributed by atoms with van der Waals surface area (Å²) in [6.07, 6.45) is 1.06. The van der Waals surface area contributed by atoms with E-state index in [1.807, 2.05) is 0 Å². The van der Waals surface area contributed by atoms with E-state index in [-0.39, 0.29) is 0 Å². The summed E-state index contributed by atoms with van der Waals surface area (Å²) < 4.78 is 0. The van der Waals surface area contributed by atoms with Crippen molar-refractivity contribution in [3.8, 4) is 0 Å². The van der Waals surface area contributed by atoms with E-state index >= 15 is 0 Å². The number of rotatable bonds is 2. The van der Waals surface area contributed by atoms with Crippen LogP contribution in [0.2, 0.25) is 0 Å². The first-order chi connectivity index (χ1) is 3.18. The predicted octanol–water partition coefficient (Wildman–Crippen LogP) is 2.42. The minimum Gasteiger partial charge on any atom is -0.0996 e. The lowest BCUT2D eigenvalue weighted by Gasteiger charge is -2.02. The summed E-state index contributed by atoms with van der Waals surface area (Å²) in [4.78, 5) is 0. The summed E-state index contributed by atoms with van der Waals surface area (Å²) in [5.41, 5.74) is 1.24. The van der Waals surface area contributed by atoms with E-state index in [4.69, 9.17) is 0 Å². The second kappa shape index (κ2) is 2.84. The van der Waals surface area contributed by atoms with Crippen molar-refractivity contribution in [3.05, 3.63) is 19.1 Å².